The lowest BCUT2D eigenvalue weighted by Gasteiger charge is -2.29. The number of fused-ring (bicyclic) bond motifs is 3. The predicted octanol–water partition coefficient (Wildman–Crippen LogP) is 6.78. The van der Waals surface area contributed by atoms with Crippen LogP contribution in [-0.2, 0) is 19.7 Å². The summed E-state index contributed by atoms with van der Waals surface area (Å²) < 4.78 is 62.2. The number of hydrogen-bond acceptors (Lipinski definition) is 6. The van der Waals surface area contributed by atoms with Crippen molar-refractivity contribution in [1.29, 1.82) is 0 Å². The van der Waals surface area contributed by atoms with Crippen molar-refractivity contribution in [3.8, 4) is 5.75 Å². The van der Waals surface area contributed by atoms with Crippen molar-refractivity contribution in [2.75, 3.05) is 6.61 Å². The van der Waals surface area contributed by atoms with Crippen molar-refractivity contribution in [2.45, 2.75) is 60.0 Å². The van der Waals surface area contributed by atoms with E-state index in [2.05, 4.69) is 6.92 Å². The fraction of sp³-hybridized carbons (Fsp3) is 0.312. The zero-order chi connectivity index (χ0) is 29.2. The summed E-state index contributed by atoms with van der Waals surface area (Å²) >= 11 is 6.94. The highest BCUT2D eigenvalue weighted by molar-refractivity contribution is 7.96. The topological polar surface area (TPSA) is 95.3 Å². The van der Waals surface area contributed by atoms with Gasteiger partial charge in [-0.2, -0.15) is 0 Å². The second-order valence-corrected chi connectivity index (χ2v) is 16.0. The van der Waals surface area contributed by atoms with Crippen molar-refractivity contribution < 1.29 is 21.6 Å². The Kier molecular flexibility index (Phi) is 6.75. The minimum atomic E-state index is -3.71. The maximum atomic E-state index is 14.0. The molecule has 7 nitrogen and oxygen atoms in total. The molecule has 42 heavy (non-hydrogen) atoms. The molecule has 0 spiro atoms. The van der Waals surface area contributed by atoms with Crippen molar-refractivity contribution in [1.82, 2.24) is 9.55 Å². The Morgan fingerprint density at radius 1 is 0.929 bits per heavy atom. The molecule has 2 aromatic heterocycles. The number of nitrogens with zero attached hydrogens (tertiary/aromatic N) is 2. The largest absolute Gasteiger partial charge is 0.491 e. The van der Waals surface area contributed by atoms with Gasteiger partial charge in [0.25, 0.3) is 0 Å². The third-order valence-electron chi connectivity index (χ3n) is 8.28. The maximum absolute atomic E-state index is 14.0. The summed E-state index contributed by atoms with van der Waals surface area (Å²) in [6, 6.07) is 15.8. The van der Waals surface area contributed by atoms with Gasteiger partial charge in [-0.15, -0.1) is 0 Å². The molecule has 2 aromatic carbocycles. The van der Waals surface area contributed by atoms with E-state index in [0.717, 1.165) is 21.9 Å². The quantitative estimate of drug-likeness (QED) is 0.204. The number of hydrogen-bond donors (Lipinski definition) is 0. The molecule has 2 fully saturated rings. The van der Waals surface area contributed by atoms with Crippen LogP contribution in [0, 0.1) is 6.92 Å². The number of rotatable bonds is 9. The molecule has 1 atom stereocenters. The smallest absolute Gasteiger partial charge is 0.181 e. The molecule has 4 aromatic rings. The fourth-order valence-corrected chi connectivity index (χ4v) is 10.3. The van der Waals surface area contributed by atoms with E-state index < -0.39 is 31.0 Å². The molecule has 3 aliphatic carbocycles. The number of halogens is 1. The number of allylic oxidation sites excluding steroid dienone is 4. The van der Waals surface area contributed by atoms with Crippen LogP contribution in [0.4, 0.5) is 0 Å². The van der Waals surface area contributed by atoms with E-state index in [1.807, 2.05) is 41.0 Å². The van der Waals surface area contributed by atoms with E-state index in [1.165, 1.54) is 0 Å². The lowest BCUT2D eigenvalue weighted by atomic mass is 9.93. The number of sulfone groups is 2. The second-order valence-electron chi connectivity index (χ2n) is 11.2. The molecular formula is C32H30ClN2O5S2. The van der Waals surface area contributed by atoms with Gasteiger partial charge in [-0.3, -0.25) is 0 Å². The van der Waals surface area contributed by atoms with E-state index in [0.29, 0.717) is 55.7 Å². The van der Waals surface area contributed by atoms with Gasteiger partial charge in [0.05, 0.1) is 43.5 Å². The number of benzene rings is 2. The van der Waals surface area contributed by atoms with Crippen LogP contribution in [0.25, 0.3) is 27.5 Å². The Bertz CT molecular complexity index is 2020. The summed E-state index contributed by atoms with van der Waals surface area (Å²) in [4.78, 5) is 5.17. The van der Waals surface area contributed by atoms with Crippen LogP contribution in [0.2, 0.25) is 0 Å². The molecule has 10 heteroatoms. The molecular weight excluding hydrogens is 592 g/mol. The zero-order valence-corrected chi connectivity index (χ0v) is 25.3. The van der Waals surface area contributed by atoms with Crippen LogP contribution in [0.3, 0.4) is 0 Å². The van der Waals surface area contributed by atoms with Gasteiger partial charge in [-0.05, 0) is 93.0 Å². The zero-order valence-electron chi connectivity index (χ0n) is 22.9. The number of pyridine rings is 1. The second kappa shape index (κ2) is 10.2. The standard InChI is InChI=1S/C32H30ClN2O5S2/c1-2-16-40-29-10-4-8-25-26-9-5-15-34-32(26)35(30(25)29)28-19-21(18-27(33)31(28)42(38,39)23-13-14-23)20-6-3-7-24(17-20)41(36,37)22-11-12-22/h3-10,15,17-18,22-23,28H,1-2,11-14,16,19H2. The van der Waals surface area contributed by atoms with Gasteiger partial charge in [0.1, 0.15) is 11.4 Å². The van der Waals surface area contributed by atoms with E-state index in [1.54, 1.807) is 30.5 Å². The molecule has 0 amide bonds. The highest BCUT2D eigenvalue weighted by atomic mass is 35.5. The molecule has 0 saturated heterocycles. The summed E-state index contributed by atoms with van der Waals surface area (Å²) in [6.07, 6.45) is 6.79. The first-order valence-electron chi connectivity index (χ1n) is 14.2. The van der Waals surface area contributed by atoms with Crippen molar-refractivity contribution in [3.05, 3.63) is 89.3 Å². The molecule has 0 N–H and O–H groups in total. The Balaban J connectivity index is 1.46. The Labute approximate surface area is 250 Å². The van der Waals surface area contributed by atoms with E-state index in [9.17, 15) is 16.8 Å². The van der Waals surface area contributed by atoms with Crippen molar-refractivity contribution in [3.63, 3.8) is 0 Å². The van der Waals surface area contributed by atoms with Gasteiger partial charge < -0.3 is 9.30 Å². The van der Waals surface area contributed by atoms with Gasteiger partial charge in [0.15, 0.2) is 19.7 Å². The van der Waals surface area contributed by atoms with Crippen LogP contribution >= 0.6 is 11.6 Å². The Hall–Kier alpha value is -3.14. The average molecular weight is 622 g/mol. The molecule has 1 unspecified atom stereocenters. The molecule has 2 heterocycles. The van der Waals surface area contributed by atoms with Gasteiger partial charge in [0, 0.05) is 17.0 Å². The monoisotopic (exact) mass is 621 g/mol. The molecule has 217 valence electrons. The summed E-state index contributed by atoms with van der Waals surface area (Å²) in [5.41, 5.74) is 2.83. The lowest BCUT2D eigenvalue weighted by Crippen LogP contribution is -2.24. The molecule has 7 rings (SSSR count). The van der Waals surface area contributed by atoms with Gasteiger partial charge in [-0.1, -0.05) is 35.9 Å². The molecule has 3 aliphatic rings. The highest BCUT2D eigenvalue weighted by Crippen LogP contribution is 2.49. The SMILES string of the molecule is [CH2]CCOc1cccc2c3cccnc3n(C3CC(c4cccc(S(=O)(=O)C5CC5)c4)=CC(Cl)=C3S(=O)(=O)C3CC3)c12. The summed E-state index contributed by atoms with van der Waals surface area (Å²) in [5, 5.41) is 1.12. The number of para-hydroxylation sites is 1. The predicted molar refractivity (Wildman–Crippen MR) is 166 cm³/mol. The van der Waals surface area contributed by atoms with E-state index >= 15 is 0 Å². The first-order valence-corrected chi connectivity index (χ1v) is 17.7. The van der Waals surface area contributed by atoms with Crippen LogP contribution in [-0.4, -0.2) is 43.5 Å². The van der Waals surface area contributed by atoms with Crippen LogP contribution in [0.1, 0.15) is 50.1 Å². The van der Waals surface area contributed by atoms with Crippen molar-refractivity contribution in [2.24, 2.45) is 0 Å². The summed E-state index contributed by atoms with van der Waals surface area (Å²) in [6.45, 7) is 4.30. The minimum Gasteiger partial charge on any atom is -0.491 e. The molecule has 1 radical (unpaired) electrons. The van der Waals surface area contributed by atoms with Gasteiger partial charge in [-0.25, -0.2) is 21.8 Å². The molecule has 2 saturated carbocycles. The first kappa shape index (κ1) is 27.7. The van der Waals surface area contributed by atoms with Gasteiger partial charge in [0.2, 0.25) is 0 Å². The number of aromatic nitrogens is 2. The highest BCUT2D eigenvalue weighted by Gasteiger charge is 2.45. The Morgan fingerprint density at radius 2 is 1.64 bits per heavy atom. The summed E-state index contributed by atoms with van der Waals surface area (Å²) in [7, 11) is -7.12. The van der Waals surface area contributed by atoms with Gasteiger partial charge >= 0.3 is 0 Å². The Morgan fingerprint density at radius 3 is 2.38 bits per heavy atom. The van der Waals surface area contributed by atoms with E-state index in [-0.39, 0.29) is 26.5 Å². The number of ether oxygens (including phenoxy) is 1. The van der Waals surface area contributed by atoms with Crippen LogP contribution in [0.15, 0.2) is 81.7 Å². The molecule has 0 aliphatic heterocycles. The maximum Gasteiger partial charge on any atom is 0.181 e. The molecule has 0 bridgehead atoms. The third-order valence-corrected chi connectivity index (χ3v) is 13.4. The van der Waals surface area contributed by atoms with Crippen LogP contribution < -0.4 is 4.74 Å². The minimum absolute atomic E-state index is 0.144. The van der Waals surface area contributed by atoms with Crippen LogP contribution in [0.5, 0.6) is 5.75 Å². The average Bonchev–Trinajstić information content (AvgIpc) is 3.91. The van der Waals surface area contributed by atoms with Crippen molar-refractivity contribution >= 4 is 58.8 Å². The summed E-state index contributed by atoms with van der Waals surface area (Å²) in [5.74, 6) is 0.613. The van der Waals surface area contributed by atoms with E-state index in [4.69, 9.17) is 21.3 Å². The first-order chi connectivity index (χ1) is 20.2. The lowest BCUT2D eigenvalue weighted by molar-refractivity contribution is 0.326. The fourth-order valence-electron chi connectivity index (χ4n) is 5.98. The third kappa shape index (κ3) is 4.57. The normalized spacial score (nSPS) is 19.9.